The van der Waals surface area contributed by atoms with E-state index in [0.717, 1.165) is 27.7 Å². The van der Waals surface area contributed by atoms with E-state index in [1.807, 2.05) is 26.0 Å². The van der Waals surface area contributed by atoms with E-state index in [-0.39, 0.29) is 5.82 Å². The van der Waals surface area contributed by atoms with E-state index in [2.05, 4.69) is 25.1 Å². The first-order valence-electron chi connectivity index (χ1n) is 11.9. The maximum atomic E-state index is 14.3. The smallest absolute Gasteiger partial charge is 0.166 e. The molecule has 0 atom stereocenters. The van der Waals surface area contributed by atoms with Crippen molar-refractivity contribution in [2.45, 2.75) is 33.3 Å². The third kappa shape index (κ3) is 3.59. The molecule has 6 aromatic rings. The highest BCUT2D eigenvalue weighted by Crippen LogP contribution is 2.42. The summed E-state index contributed by atoms with van der Waals surface area (Å²) in [5, 5.41) is 6.08. The van der Waals surface area contributed by atoms with Crippen molar-refractivity contribution in [2.24, 2.45) is 0 Å². The summed E-state index contributed by atoms with van der Waals surface area (Å²) in [6, 6.07) is 9.96. The fraction of sp³-hybridized carbons (Fsp3) is 0.214. The number of aromatic amines is 1. The van der Waals surface area contributed by atoms with Crippen LogP contribution in [0.15, 0.2) is 47.1 Å². The number of fused-ring (bicyclic) bond motifs is 4. The summed E-state index contributed by atoms with van der Waals surface area (Å²) >= 11 is 0. The number of methoxy groups -OCH3 is 1. The van der Waals surface area contributed by atoms with Crippen LogP contribution >= 0.6 is 0 Å². The van der Waals surface area contributed by atoms with Crippen LogP contribution in [-0.2, 0) is 10.5 Å². The molecule has 192 valence electrons. The highest BCUT2D eigenvalue weighted by molar-refractivity contribution is 6.15. The molecule has 10 heteroatoms. The molecule has 0 aliphatic carbocycles. The van der Waals surface area contributed by atoms with Gasteiger partial charge < -0.3 is 14.2 Å². The fourth-order valence-electron chi connectivity index (χ4n) is 4.88. The van der Waals surface area contributed by atoms with Gasteiger partial charge in [-0.15, -0.1) is 0 Å². The van der Waals surface area contributed by atoms with Gasteiger partial charge in [-0.3, -0.25) is 4.98 Å². The van der Waals surface area contributed by atoms with E-state index in [9.17, 15) is 8.92 Å². The second-order valence-electron chi connectivity index (χ2n) is 9.65. The van der Waals surface area contributed by atoms with Crippen LogP contribution in [0, 0.1) is 19.7 Å². The summed E-state index contributed by atoms with van der Waals surface area (Å²) < 4.78 is 39.1. The van der Waals surface area contributed by atoms with Crippen LogP contribution in [0.2, 0.25) is 0 Å². The number of hydrogen-bond acceptors (Lipinski definition) is 7. The number of nitrogens with zero attached hydrogens (tertiary/aromatic N) is 4. The molecule has 0 bridgehead atoms. The lowest BCUT2D eigenvalue weighted by Crippen LogP contribution is -2.21. The molecule has 0 amide bonds. The van der Waals surface area contributed by atoms with Crippen molar-refractivity contribution in [1.82, 2.24) is 25.1 Å². The third-order valence-electron chi connectivity index (χ3n) is 6.76. The van der Waals surface area contributed by atoms with E-state index in [0.29, 0.717) is 44.7 Å². The summed E-state index contributed by atoms with van der Waals surface area (Å²) in [4.78, 5) is 21.3. The van der Waals surface area contributed by atoms with Gasteiger partial charge in [-0.05, 0) is 68.6 Å². The Bertz CT molecular complexity index is 1860. The van der Waals surface area contributed by atoms with E-state index in [1.165, 1.54) is 26.0 Å². The van der Waals surface area contributed by atoms with Gasteiger partial charge in [-0.2, -0.15) is 4.94 Å². The first-order valence-corrected chi connectivity index (χ1v) is 11.9. The molecule has 8 nitrogen and oxygen atoms in total. The fourth-order valence-corrected chi connectivity index (χ4v) is 4.88. The van der Waals surface area contributed by atoms with Crippen molar-refractivity contribution in [3.8, 4) is 28.1 Å². The van der Waals surface area contributed by atoms with Crippen LogP contribution in [0.4, 0.5) is 8.92 Å². The lowest BCUT2D eigenvalue weighted by atomic mass is 9.98. The molecule has 0 radical (unpaired) electrons. The first-order chi connectivity index (χ1) is 18.2. The summed E-state index contributed by atoms with van der Waals surface area (Å²) in [6.07, 6.45) is 1.63. The molecule has 6 rings (SSSR count). The molecule has 1 N–H and O–H groups in total. The Labute approximate surface area is 215 Å². The number of benzene rings is 2. The molecule has 0 saturated carbocycles. The number of rotatable bonds is 5. The van der Waals surface area contributed by atoms with Crippen LogP contribution in [0.1, 0.15) is 31.1 Å². The van der Waals surface area contributed by atoms with Crippen molar-refractivity contribution in [3.05, 3.63) is 65.7 Å². The van der Waals surface area contributed by atoms with Gasteiger partial charge in [0.25, 0.3) is 0 Å². The van der Waals surface area contributed by atoms with Gasteiger partial charge in [0.05, 0.1) is 35.0 Å². The maximum Gasteiger partial charge on any atom is 0.166 e. The lowest BCUT2D eigenvalue weighted by molar-refractivity contribution is -0.230. The number of halogens is 2. The zero-order valence-corrected chi connectivity index (χ0v) is 21.3. The number of hydrogen-bond donors (Lipinski definition) is 1. The van der Waals surface area contributed by atoms with E-state index < -0.39 is 11.4 Å². The zero-order valence-electron chi connectivity index (χ0n) is 21.3. The minimum Gasteiger partial charge on any atom is -0.496 e. The minimum atomic E-state index is -1.44. The molecule has 0 saturated heterocycles. The molecule has 38 heavy (non-hydrogen) atoms. The number of H-pyrrole nitrogens is 1. The average molecular weight is 516 g/mol. The lowest BCUT2D eigenvalue weighted by Gasteiger charge is -2.18. The van der Waals surface area contributed by atoms with Crippen molar-refractivity contribution >= 4 is 32.8 Å². The van der Waals surface area contributed by atoms with Gasteiger partial charge in [0.1, 0.15) is 23.0 Å². The third-order valence-corrected chi connectivity index (χ3v) is 6.76. The van der Waals surface area contributed by atoms with Crippen LogP contribution in [-0.4, -0.2) is 32.2 Å². The molecule has 0 spiro atoms. The van der Waals surface area contributed by atoms with E-state index >= 15 is 0 Å². The molecular formula is C28H23F2N5O3. The van der Waals surface area contributed by atoms with Gasteiger partial charge in [0.2, 0.25) is 0 Å². The molecule has 2 aromatic carbocycles. The zero-order chi connectivity index (χ0) is 26.8. The maximum absolute atomic E-state index is 14.3. The number of aryl methyl sites for hydroxylation is 2. The average Bonchev–Trinajstić information content (AvgIpc) is 3.44. The van der Waals surface area contributed by atoms with Gasteiger partial charge >= 0.3 is 0 Å². The molecule has 4 aromatic heterocycles. The summed E-state index contributed by atoms with van der Waals surface area (Å²) in [5.41, 5.74) is 3.81. The van der Waals surface area contributed by atoms with Gasteiger partial charge in [-0.1, -0.05) is 5.16 Å². The van der Waals surface area contributed by atoms with E-state index in [1.54, 1.807) is 25.4 Å². The van der Waals surface area contributed by atoms with Gasteiger partial charge in [-0.25, -0.2) is 14.4 Å². The SMILES string of the molecule is COc1cc2c(cc1-c1c(C)noc1C)[nH]c1nc(C(C)(C)OF)nc(-c3ccnc4ccc(F)cc34)c12. The van der Waals surface area contributed by atoms with Crippen LogP contribution in [0.3, 0.4) is 0 Å². The monoisotopic (exact) mass is 515 g/mol. The Kier molecular flexibility index (Phi) is 5.39. The summed E-state index contributed by atoms with van der Waals surface area (Å²) in [7, 11) is 1.59. The highest BCUT2D eigenvalue weighted by Gasteiger charge is 2.30. The second kappa shape index (κ2) is 8.56. The van der Waals surface area contributed by atoms with Crippen LogP contribution in [0.25, 0.3) is 55.2 Å². The van der Waals surface area contributed by atoms with Crippen molar-refractivity contribution in [3.63, 3.8) is 0 Å². The standard InChI is InChI=1S/C28H23F2N5O3/c1-13-23(14(2)37-35-13)19-11-21-18(12-22(19)36-5)24-25(33-27(28(3,4)38-30)34-26(24)32-21)16-8-9-31-20-7-6-15(29)10-17(16)20/h6-12H,1-5H3,(H,32,33,34). The summed E-state index contributed by atoms with van der Waals surface area (Å²) in [5.74, 6) is 0.967. The Morgan fingerprint density at radius 3 is 2.53 bits per heavy atom. The topological polar surface area (TPSA) is 99.0 Å². The van der Waals surface area contributed by atoms with Crippen LogP contribution < -0.4 is 4.74 Å². The van der Waals surface area contributed by atoms with Gasteiger partial charge in [0.15, 0.2) is 11.4 Å². The summed E-state index contributed by atoms with van der Waals surface area (Å²) in [6.45, 7) is 6.77. The van der Waals surface area contributed by atoms with Crippen molar-refractivity contribution < 1.29 is 23.1 Å². The van der Waals surface area contributed by atoms with Gasteiger partial charge in [0, 0.05) is 33.6 Å². The second-order valence-corrected chi connectivity index (χ2v) is 9.65. The quantitative estimate of drug-likeness (QED) is 0.267. The normalized spacial score (nSPS) is 12.2. The predicted octanol–water partition coefficient (Wildman–Crippen LogP) is 6.88. The molecule has 0 fully saturated rings. The molecular weight excluding hydrogens is 492 g/mol. The molecule has 0 unspecified atom stereocenters. The number of ether oxygens (including phenoxy) is 1. The molecule has 4 heterocycles. The van der Waals surface area contributed by atoms with E-state index in [4.69, 9.17) is 14.2 Å². The Morgan fingerprint density at radius 1 is 1.00 bits per heavy atom. The van der Waals surface area contributed by atoms with Crippen molar-refractivity contribution in [1.29, 1.82) is 0 Å². The number of pyridine rings is 1. The molecule has 0 aliphatic heterocycles. The number of nitrogens with one attached hydrogen (secondary N) is 1. The van der Waals surface area contributed by atoms with Crippen molar-refractivity contribution in [2.75, 3.05) is 7.11 Å². The Hall–Kier alpha value is -4.44. The largest absolute Gasteiger partial charge is 0.496 e. The molecule has 0 aliphatic rings. The number of aromatic nitrogens is 5. The van der Waals surface area contributed by atoms with Crippen LogP contribution in [0.5, 0.6) is 5.75 Å². The highest BCUT2D eigenvalue weighted by atomic mass is 19.3. The Balaban J connectivity index is 1.74. The minimum absolute atomic E-state index is 0.119. The first kappa shape index (κ1) is 23.9. The Morgan fingerprint density at radius 2 is 1.82 bits per heavy atom. The predicted molar refractivity (Wildman–Crippen MR) is 139 cm³/mol.